The van der Waals surface area contributed by atoms with Crippen LogP contribution in [-0.2, 0) is 6.18 Å². The molecule has 0 aliphatic carbocycles. The minimum Gasteiger partial charge on any atom is -0.294 e. The van der Waals surface area contributed by atoms with Gasteiger partial charge in [-0.25, -0.2) is 0 Å². The van der Waals surface area contributed by atoms with Crippen LogP contribution in [-0.4, -0.2) is 12.0 Å². The summed E-state index contributed by atoms with van der Waals surface area (Å²) in [6, 6.07) is 3.15. The number of hydrogen-bond donors (Lipinski definition) is 0. The molecule has 0 spiro atoms. The summed E-state index contributed by atoms with van der Waals surface area (Å²) in [4.78, 5) is 11.5. The predicted octanol–water partition coefficient (Wildman–Crippen LogP) is 3.63. The molecule has 1 rings (SSSR count). The Morgan fingerprint density at radius 3 is 2.33 bits per heavy atom. The van der Waals surface area contributed by atoms with Gasteiger partial charge in [0.15, 0.2) is 5.78 Å². The maximum absolute atomic E-state index is 12.3. The highest BCUT2D eigenvalue weighted by Crippen LogP contribution is 2.33. The fraction of sp³-hybridized carbons (Fsp3) is 0.300. The quantitative estimate of drug-likeness (QED) is 0.574. The molecule has 0 aliphatic rings. The molecule has 0 saturated heterocycles. The van der Waals surface area contributed by atoms with Crippen molar-refractivity contribution in [3.8, 4) is 0 Å². The normalized spacial score (nSPS) is 11.5. The lowest BCUT2D eigenvalue weighted by atomic mass is 10.1. The van der Waals surface area contributed by atoms with Crippen LogP contribution >= 0.6 is 11.8 Å². The van der Waals surface area contributed by atoms with E-state index < -0.39 is 11.7 Å². The second-order valence-electron chi connectivity index (χ2n) is 2.97. The fourth-order valence-electron chi connectivity index (χ4n) is 1.16. The molecule has 0 atom stereocenters. The van der Waals surface area contributed by atoms with E-state index in [1.807, 2.05) is 0 Å². The van der Waals surface area contributed by atoms with Crippen molar-refractivity contribution >= 4 is 17.5 Å². The topological polar surface area (TPSA) is 17.1 Å². The molecule has 1 aromatic carbocycles. The van der Waals surface area contributed by atoms with Gasteiger partial charge in [0.05, 0.1) is 5.56 Å². The van der Waals surface area contributed by atoms with E-state index in [4.69, 9.17) is 0 Å². The molecule has 0 aliphatic heterocycles. The zero-order valence-electron chi connectivity index (χ0n) is 8.18. The summed E-state index contributed by atoms with van der Waals surface area (Å²) in [6.45, 7) is 1.34. The highest BCUT2D eigenvalue weighted by atomic mass is 32.2. The molecule has 0 amide bonds. The first kappa shape index (κ1) is 12.1. The van der Waals surface area contributed by atoms with Crippen LogP contribution in [0.15, 0.2) is 23.1 Å². The summed E-state index contributed by atoms with van der Waals surface area (Å²) in [5.74, 6) is -0.229. The van der Waals surface area contributed by atoms with E-state index in [2.05, 4.69) is 0 Å². The van der Waals surface area contributed by atoms with E-state index >= 15 is 0 Å². The average Bonchev–Trinajstić information content (AvgIpc) is 2.15. The molecule has 15 heavy (non-hydrogen) atoms. The summed E-state index contributed by atoms with van der Waals surface area (Å²) in [7, 11) is 0. The van der Waals surface area contributed by atoms with Crippen molar-refractivity contribution in [3.05, 3.63) is 29.3 Å². The molecular formula is C10H9F3OS. The third kappa shape index (κ3) is 2.75. The second-order valence-corrected chi connectivity index (χ2v) is 3.82. The Labute approximate surface area is 89.7 Å². The van der Waals surface area contributed by atoms with Gasteiger partial charge in [0.25, 0.3) is 0 Å². The lowest BCUT2D eigenvalue weighted by Gasteiger charge is -2.10. The van der Waals surface area contributed by atoms with E-state index in [0.29, 0.717) is 10.5 Å². The number of Topliss-reactive ketones (excluding diaryl/α,β-unsaturated/α-hetero) is 1. The van der Waals surface area contributed by atoms with Crippen molar-refractivity contribution in [2.45, 2.75) is 18.0 Å². The highest BCUT2D eigenvalue weighted by molar-refractivity contribution is 7.98. The van der Waals surface area contributed by atoms with Crippen molar-refractivity contribution in [1.82, 2.24) is 0 Å². The molecule has 1 nitrogen and oxygen atoms in total. The Balaban J connectivity index is 3.25. The Morgan fingerprint density at radius 2 is 1.93 bits per heavy atom. The molecule has 0 unspecified atom stereocenters. The van der Waals surface area contributed by atoms with Gasteiger partial charge in [0.1, 0.15) is 0 Å². The van der Waals surface area contributed by atoms with E-state index in [1.54, 1.807) is 6.26 Å². The van der Waals surface area contributed by atoms with E-state index in [0.717, 1.165) is 23.9 Å². The molecule has 0 saturated carbocycles. The number of ketones is 1. The number of alkyl halides is 3. The van der Waals surface area contributed by atoms with Crippen molar-refractivity contribution < 1.29 is 18.0 Å². The van der Waals surface area contributed by atoms with Crippen LogP contribution in [0.2, 0.25) is 0 Å². The zero-order chi connectivity index (χ0) is 11.6. The number of hydrogen-bond acceptors (Lipinski definition) is 2. The van der Waals surface area contributed by atoms with Crippen LogP contribution in [0.4, 0.5) is 13.2 Å². The van der Waals surface area contributed by atoms with Crippen LogP contribution in [0, 0.1) is 0 Å². The molecule has 0 radical (unpaired) electrons. The van der Waals surface area contributed by atoms with Gasteiger partial charge in [-0.05, 0) is 31.4 Å². The second kappa shape index (κ2) is 4.26. The van der Waals surface area contributed by atoms with Gasteiger partial charge in [0, 0.05) is 10.5 Å². The van der Waals surface area contributed by atoms with Gasteiger partial charge < -0.3 is 0 Å². The fourth-order valence-corrected chi connectivity index (χ4v) is 1.83. The molecule has 0 heterocycles. The molecule has 82 valence electrons. The Kier molecular flexibility index (Phi) is 3.44. The molecule has 0 bridgehead atoms. The molecule has 0 aromatic heterocycles. The molecule has 1 aromatic rings. The van der Waals surface area contributed by atoms with Gasteiger partial charge in [-0.1, -0.05) is 0 Å². The molecular weight excluding hydrogens is 225 g/mol. The van der Waals surface area contributed by atoms with Crippen molar-refractivity contribution in [1.29, 1.82) is 0 Å². The third-order valence-corrected chi connectivity index (χ3v) is 2.69. The number of halogens is 3. The lowest BCUT2D eigenvalue weighted by Crippen LogP contribution is -2.06. The van der Waals surface area contributed by atoms with E-state index in [1.165, 1.54) is 13.0 Å². The van der Waals surface area contributed by atoms with Gasteiger partial charge >= 0.3 is 6.18 Å². The Bertz CT molecular complexity index is 385. The maximum Gasteiger partial charge on any atom is 0.416 e. The van der Waals surface area contributed by atoms with Gasteiger partial charge in [-0.3, -0.25) is 4.79 Å². The van der Waals surface area contributed by atoms with E-state index in [-0.39, 0.29) is 5.78 Å². The van der Waals surface area contributed by atoms with Crippen LogP contribution in [0.1, 0.15) is 22.8 Å². The molecule has 5 heteroatoms. The summed E-state index contributed by atoms with van der Waals surface area (Å²) < 4.78 is 37.0. The highest BCUT2D eigenvalue weighted by Gasteiger charge is 2.31. The van der Waals surface area contributed by atoms with Crippen molar-refractivity contribution in [2.24, 2.45) is 0 Å². The van der Waals surface area contributed by atoms with Gasteiger partial charge in [-0.15, -0.1) is 11.8 Å². The molecule has 0 N–H and O–H groups in total. The molecule has 0 fully saturated rings. The summed E-state index contributed by atoms with van der Waals surface area (Å²) in [5, 5.41) is 0. The number of benzene rings is 1. The smallest absolute Gasteiger partial charge is 0.294 e. The Morgan fingerprint density at radius 1 is 1.33 bits per heavy atom. The van der Waals surface area contributed by atoms with Gasteiger partial charge in [-0.2, -0.15) is 13.2 Å². The zero-order valence-corrected chi connectivity index (χ0v) is 9.00. The number of carbonyl (C=O) groups excluding carboxylic acids is 1. The summed E-state index contributed by atoms with van der Waals surface area (Å²) in [5.41, 5.74) is -0.396. The maximum atomic E-state index is 12.3. The minimum absolute atomic E-state index is 0.229. The average molecular weight is 234 g/mol. The van der Waals surface area contributed by atoms with Crippen molar-refractivity contribution in [2.75, 3.05) is 6.26 Å². The number of carbonyl (C=O) groups is 1. The first-order valence-corrected chi connectivity index (χ1v) is 5.35. The number of rotatable bonds is 2. The van der Waals surface area contributed by atoms with Crippen molar-refractivity contribution in [3.63, 3.8) is 0 Å². The van der Waals surface area contributed by atoms with Crippen LogP contribution < -0.4 is 0 Å². The first-order valence-electron chi connectivity index (χ1n) is 4.12. The van der Waals surface area contributed by atoms with Crippen LogP contribution in [0.3, 0.4) is 0 Å². The van der Waals surface area contributed by atoms with E-state index in [9.17, 15) is 18.0 Å². The minimum atomic E-state index is -4.36. The largest absolute Gasteiger partial charge is 0.416 e. The van der Waals surface area contributed by atoms with Gasteiger partial charge in [0.2, 0.25) is 0 Å². The first-order chi connectivity index (χ1) is 6.86. The summed E-state index contributed by atoms with van der Waals surface area (Å²) in [6.07, 6.45) is -2.72. The standard InChI is InChI=1S/C10H9F3OS/c1-6(14)8-4-3-7(10(11,12)13)5-9(8)15-2/h3-5H,1-2H3. The lowest BCUT2D eigenvalue weighted by molar-refractivity contribution is -0.137. The monoisotopic (exact) mass is 234 g/mol. The van der Waals surface area contributed by atoms with Crippen LogP contribution in [0.25, 0.3) is 0 Å². The Hall–Kier alpha value is -0.970. The predicted molar refractivity (Wildman–Crippen MR) is 53.2 cm³/mol. The number of thioether (sulfide) groups is 1. The third-order valence-electron chi connectivity index (χ3n) is 1.91. The SMILES string of the molecule is CSc1cc(C(F)(F)F)ccc1C(C)=O. The summed E-state index contributed by atoms with van der Waals surface area (Å²) >= 11 is 1.13. The van der Waals surface area contributed by atoms with Crippen LogP contribution in [0.5, 0.6) is 0 Å².